The van der Waals surface area contributed by atoms with E-state index in [2.05, 4.69) is 10.3 Å². The number of hydrogen-bond acceptors (Lipinski definition) is 4. The van der Waals surface area contributed by atoms with Crippen molar-refractivity contribution in [3.8, 4) is 0 Å². The minimum atomic E-state index is -0.644. The lowest BCUT2D eigenvalue weighted by Gasteiger charge is -2.16. The Bertz CT molecular complexity index is 1110. The van der Waals surface area contributed by atoms with E-state index in [9.17, 15) is 9.59 Å². The van der Waals surface area contributed by atoms with Gasteiger partial charge < -0.3 is 10.1 Å². The molecule has 1 atom stereocenters. The van der Waals surface area contributed by atoms with Crippen LogP contribution in [0.2, 0.25) is 5.02 Å². The summed E-state index contributed by atoms with van der Waals surface area (Å²) in [4.78, 5) is 32.3. The molecule has 3 aromatic rings. The van der Waals surface area contributed by atoms with Crippen LogP contribution in [0.1, 0.15) is 24.4 Å². The minimum Gasteiger partial charge on any atom is -0.385 e. The first-order chi connectivity index (χ1) is 14.5. The van der Waals surface area contributed by atoms with Crippen LogP contribution in [-0.4, -0.2) is 41.6 Å². The van der Waals surface area contributed by atoms with Gasteiger partial charge in [0.2, 0.25) is 11.9 Å². The second-order valence-electron chi connectivity index (χ2n) is 7.33. The van der Waals surface area contributed by atoms with E-state index in [1.54, 1.807) is 24.1 Å². The Kier molecular flexibility index (Phi) is 5.74. The number of halogens is 1. The van der Waals surface area contributed by atoms with Gasteiger partial charge in [-0.25, -0.2) is 4.98 Å². The number of anilines is 2. The van der Waals surface area contributed by atoms with Crippen LogP contribution in [0.3, 0.4) is 0 Å². The summed E-state index contributed by atoms with van der Waals surface area (Å²) in [5.74, 6) is 0.201. The number of nitrogens with one attached hydrogen (secondary N) is 1. The average Bonchev–Trinajstić information content (AvgIpc) is 3.21. The number of ether oxygens (including phenoxy) is 1. The fourth-order valence-electron chi connectivity index (χ4n) is 3.78. The summed E-state index contributed by atoms with van der Waals surface area (Å²) in [6.07, 6.45) is 0.699. The van der Waals surface area contributed by atoms with Gasteiger partial charge in [-0.05, 0) is 43.2 Å². The maximum absolute atomic E-state index is 13.2. The number of rotatable bonds is 7. The summed E-state index contributed by atoms with van der Waals surface area (Å²) in [7, 11) is 1.63. The van der Waals surface area contributed by atoms with Gasteiger partial charge >= 0.3 is 0 Å². The number of amides is 2. The van der Waals surface area contributed by atoms with E-state index in [1.807, 2.05) is 41.8 Å². The van der Waals surface area contributed by atoms with Crippen molar-refractivity contribution in [3.63, 3.8) is 0 Å². The molecule has 0 bridgehead atoms. The SMILES string of the molecule is COCCCN1C(=O)[C@H](CC(=O)Nc2cc(Cl)ccc2C)n2c1nc1ccccc12. The van der Waals surface area contributed by atoms with Gasteiger partial charge in [0, 0.05) is 31.0 Å². The van der Waals surface area contributed by atoms with Crippen LogP contribution in [0, 0.1) is 6.92 Å². The van der Waals surface area contributed by atoms with E-state index in [-0.39, 0.29) is 18.2 Å². The highest BCUT2D eigenvalue weighted by Gasteiger charge is 2.40. The summed E-state index contributed by atoms with van der Waals surface area (Å²) in [5.41, 5.74) is 3.19. The third-order valence-electron chi connectivity index (χ3n) is 5.26. The largest absolute Gasteiger partial charge is 0.385 e. The third kappa shape index (κ3) is 3.78. The standard InChI is InChI=1S/C22H23ClN4O3/c1-14-8-9-15(23)12-17(14)24-20(28)13-19-21(29)26(10-5-11-30-2)22-25-16-6-3-4-7-18(16)27(19)22/h3-4,6-9,12,19H,5,10-11,13H2,1-2H3,(H,24,28)/t19-/m0/s1. The van der Waals surface area contributed by atoms with Crippen LogP contribution in [0.15, 0.2) is 42.5 Å². The van der Waals surface area contributed by atoms with Gasteiger partial charge in [0.05, 0.1) is 17.5 Å². The van der Waals surface area contributed by atoms with Crippen molar-refractivity contribution in [1.82, 2.24) is 9.55 Å². The molecule has 0 aliphatic carbocycles. The second-order valence-corrected chi connectivity index (χ2v) is 7.77. The number of carbonyl (C=O) groups is 2. The van der Waals surface area contributed by atoms with Crippen LogP contribution in [0.4, 0.5) is 11.6 Å². The molecule has 4 rings (SSSR count). The van der Waals surface area contributed by atoms with E-state index < -0.39 is 6.04 Å². The molecule has 2 aromatic carbocycles. The number of nitrogens with zero attached hydrogens (tertiary/aromatic N) is 3. The molecule has 0 spiro atoms. The highest BCUT2D eigenvalue weighted by Crippen LogP contribution is 2.36. The van der Waals surface area contributed by atoms with Crippen LogP contribution in [-0.2, 0) is 14.3 Å². The minimum absolute atomic E-state index is 0.0128. The van der Waals surface area contributed by atoms with E-state index >= 15 is 0 Å². The van der Waals surface area contributed by atoms with Crippen LogP contribution >= 0.6 is 11.6 Å². The van der Waals surface area contributed by atoms with Gasteiger partial charge in [-0.1, -0.05) is 29.8 Å². The number of benzene rings is 2. The van der Waals surface area contributed by atoms with Gasteiger partial charge in [-0.3, -0.25) is 19.1 Å². The molecule has 7 nitrogen and oxygen atoms in total. The number of fused-ring (bicyclic) bond motifs is 3. The predicted molar refractivity (Wildman–Crippen MR) is 117 cm³/mol. The molecule has 2 amide bonds. The number of aromatic nitrogens is 2. The Morgan fingerprint density at radius 2 is 2.07 bits per heavy atom. The molecular weight excluding hydrogens is 404 g/mol. The maximum Gasteiger partial charge on any atom is 0.253 e. The van der Waals surface area contributed by atoms with Gasteiger partial charge in [0.1, 0.15) is 6.04 Å². The Labute approximate surface area is 179 Å². The van der Waals surface area contributed by atoms with Crippen LogP contribution in [0.25, 0.3) is 11.0 Å². The van der Waals surface area contributed by atoms with Crippen LogP contribution < -0.4 is 10.2 Å². The molecule has 0 saturated heterocycles. The van der Waals surface area contributed by atoms with Gasteiger partial charge in [-0.15, -0.1) is 0 Å². The Morgan fingerprint density at radius 3 is 2.87 bits per heavy atom. The molecule has 0 fully saturated rings. The van der Waals surface area contributed by atoms with E-state index in [4.69, 9.17) is 16.3 Å². The summed E-state index contributed by atoms with van der Waals surface area (Å²) in [6, 6.07) is 12.3. The van der Waals surface area contributed by atoms with Crippen molar-refractivity contribution >= 4 is 46.1 Å². The number of aryl methyl sites for hydroxylation is 1. The van der Waals surface area contributed by atoms with E-state index in [0.29, 0.717) is 36.2 Å². The normalized spacial score (nSPS) is 15.6. The summed E-state index contributed by atoms with van der Waals surface area (Å²) in [6.45, 7) is 2.93. The Balaban J connectivity index is 1.62. The molecule has 8 heteroatoms. The quantitative estimate of drug-likeness (QED) is 0.580. The molecule has 1 aromatic heterocycles. The molecule has 156 valence electrons. The first-order valence-corrected chi connectivity index (χ1v) is 10.2. The smallest absolute Gasteiger partial charge is 0.253 e. The molecule has 0 unspecified atom stereocenters. The molecule has 2 heterocycles. The first-order valence-electron chi connectivity index (χ1n) is 9.83. The molecular formula is C22H23ClN4O3. The lowest BCUT2D eigenvalue weighted by molar-refractivity contribution is -0.124. The zero-order valence-corrected chi connectivity index (χ0v) is 17.6. The topological polar surface area (TPSA) is 76.5 Å². The van der Waals surface area contributed by atoms with Crippen molar-refractivity contribution in [3.05, 3.63) is 53.1 Å². The van der Waals surface area contributed by atoms with E-state index in [0.717, 1.165) is 16.6 Å². The van der Waals surface area contributed by atoms with Crippen molar-refractivity contribution in [2.45, 2.75) is 25.8 Å². The fourth-order valence-corrected chi connectivity index (χ4v) is 3.95. The molecule has 0 radical (unpaired) electrons. The second kappa shape index (κ2) is 8.45. The van der Waals surface area contributed by atoms with E-state index in [1.165, 1.54) is 0 Å². The lowest BCUT2D eigenvalue weighted by atomic mass is 10.1. The Morgan fingerprint density at radius 1 is 1.27 bits per heavy atom. The summed E-state index contributed by atoms with van der Waals surface area (Å²) < 4.78 is 6.99. The highest BCUT2D eigenvalue weighted by atomic mass is 35.5. The Hall–Kier alpha value is -2.90. The van der Waals surface area contributed by atoms with Crippen LogP contribution in [0.5, 0.6) is 0 Å². The number of para-hydroxylation sites is 2. The zero-order chi connectivity index (χ0) is 21.3. The van der Waals surface area contributed by atoms with Gasteiger partial charge in [-0.2, -0.15) is 0 Å². The van der Waals surface area contributed by atoms with Gasteiger partial charge in [0.15, 0.2) is 0 Å². The molecule has 1 N–H and O–H groups in total. The molecule has 30 heavy (non-hydrogen) atoms. The molecule has 0 saturated carbocycles. The fraction of sp³-hybridized carbons (Fsp3) is 0.318. The zero-order valence-electron chi connectivity index (χ0n) is 16.9. The summed E-state index contributed by atoms with van der Waals surface area (Å²) in [5, 5.41) is 3.43. The first kappa shape index (κ1) is 20.4. The summed E-state index contributed by atoms with van der Waals surface area (Å²) >= 11 is 6.06. The third-order valence-corrected chi connectivity index (χ3v) is 5.50. The highest BCUT2D eigenvalue weighted by molar-refractivity contribution is 6.31. The van der Waals surface area contributed by atoms with Gasteiger partial charge in [0.25, 0.3) is 5.91 Å². The van der Waals surface area contributed by atoms with Crippen molar-refractivity contribution in [1.29, 1.82) is 0 Å². The van der Waals surface area contributed by atoms with Crippen molar-refractivity contribution < 1.29 is 14.3 Å². The lowest BCUT2D eigenvalue weighted by Crippen LogP contribution is -2.32. The van der Waals surface area contributed by atoms with Crippen molar-refractivity contribution in [2.75, 3.05) is 30.5 Å². The number of carbonyl (C=O) groups excluding carboxylic acids is 2. The monoisotopic (exact) mass is 426 g/mol. The molecule has 1 aliphatic heterocycles. The van der Waals surface area contributed by atoms with Crippen molar-refractivity contribution in [2.24, 2.45) is 0 Å². The number of methoxy groups -OCH3 is 1. The average molecular weight is 427 g/mol. The predicted octanol–water partition coefficient (Wildman–Crippen LogP) is 3.95. The maximum atomic E-state index is 13.2. The number of imidazole rings is 1. The molecule has 1 aliphatic rings. The number of hydrogen-bond donors (Lipinski definition) is 1.